The van der Waals surface area contributed by atoms with E-state index in [2.05, 4.69) is 39.8 Å². The summed E-state index contributed by atoms with van der Waals surface area (Å²) >= 11 is 0. The van der Waals surface area contributed by atoms with Crippen LogP contribution < -0.4 is 0 Å². The lowest BCUT2D eigenvalue weighted by Crippen LogP contribution is -2.52. The highest BCUT2D eigenvalue weighted by Crippen LogP contribution is 2.66. The lowest BCUT2D eigenvalue weighted by atomic mass is 9.47. The molecule has 2 N–H and O–H groups in total. The van der Waals surface area contributed by atoms with Crippen molar-refractivity contribution in [2.75, 3.05) is 0 Å². The zero-order chi connectivity index (χ0) is 22.6. The third-order valence-electron chi connectivity index (χ3n) is 9.81. The summed E-state index contributed by atoms with van der Waals surface area (Å²) in [6.07, 6.45) is 12.9. The van der Waals surface area contributed by atoms with Crippen molar-refractivity contribution in [1.82, 2.24) is 0 Å². The van der Waals surface area contributed by atoms with Gasteiger partial charge in [0.15, 0.2) is 5.76 Å². The molecular formula is C27H41NO3. The Morgan fingerprint density at radius 2 is 1.87 bits per heavy atom. The van der Waals surface area contributed by atoms with Crippen LogP contribution in [0.4, 0.5) is 0 Å². The Hall–Kier alpha value is -1.58. The van der Waals surface area contributed by atoms with E-state index in [-0.39, 0.29) is 11.5 Å². The number of aliphatic hydroxyl groups is 1. The van der Waals surface area contributed by atoms with Crippen molar-refractivity contribution >= 4 is 11.5 Å². The minimum atomic E-state index is -0.426. The summed E-state index contributed by atoms with van der Waals surface area (Å²) < 4.78 is 0. The Bertz CT molecular complexity index is 824. The lowest BCUT2D eigenvalue weighted by Gasteiger charge is -2.57. The summed E-state index contributed by atoms with van der Waals surface area (Å²) in [5.74, 6) is 3.22. The fourth-order valence-corrected chi connectivity index (χ4v) is 8.26. The van der Waals surface area contributed by atoms with E-state index in [4.69, 9.17) is 0 Å². The van der Waals surface area contributed by atoms with Crippen LogP contribution in [0.15, 0.2) is 28.6 Å². The van der Waals surface area contributed by atoms with Gasteiger partial charge in [0.2, 0.25) is 5.78 Å². The van der Waals surface area contributed by atoms with Gasteiger partial charge in [-0.15, -0.1) is 0 Å². The molecule has 0 aromatic carbocycles. The van der Waals surface area contributed by atoms with Crippen molar-refractivity contribution in [2.45, 2.75) is 86.0 Å². The molecule has 0 saturated heterocycles. The Morgan fingerprint density at radius 1 is 1.13 bits per heavy atom. The quantitative estimate of drug-likeness (QED) is 0.379. The number of aliphatic hydroxyl groups excluding tert-OH is 1. The molecule has 0 aliphatic heterocycles. The van der Waals surface area contributed by atoms with E-state index in [0.717, 1.165) is 36.2 Å². The lowest BCUT2D eigenvalue weighted by molar-refractivity contribution is -0.114. The first kappa shape index (κ1) is 22.6. The van der Waals surface area contributed by atoms with Gasteiger partial charge in [-0.2, -0.15) is 0 Å². The Balaban J connectivity index is 1.60. The van der Waals surface area contributed by atoms with Crippen LogP contribution in [-0.2, 0) is 4.79 Å². The van der Waals surface area contributed by atoms with Crippen molar-refractivity contribution in [1.29, 1.82) is 0 Å². The standard InChI is InChI=1S/C27H41NO3/c1-16(2)7-6-8-17(3)19-9-10-20-18-13-23(28-31)22-14-24(29)25(30)15-27(22,5)21(18)11-12-26(19,20)4/h14-21,30-31H,6-13H2,1-5H3/b28-23+/t17?,18?,19-,20?,21?,26-,27-/m1/s1. The highest BCUT2D eigenvalue weighted by molar-refractivity contribution is 6.13. The summed E-state index contributed by atoms with van der Waals surface area (Å²) in [4.78, 5) is 12.2. The average molecular weight is 428 g/mol. The van der Waals surface area contributed by atoms with E-state index >= 15 is 0 Å². The molecule has 4 heteroatoms. The van der Waals surface area contributed by atoms with E-state index < -0.39 is 5.41 Å². The van der Waals surface area contributed by atoms with Gasteiger partial charge in [-0.25, -0.2) is 0 Å². The van der Waals surface area contributed by atoms with Crippen molar-refractivity contribution < 1.29 is 15.1 Å². The molecule has 0 amide bonds. The fourth-order valence-electron chi connectivity index (χ4n) is 8.26. The van der Waals surface area contributed by atoms with Crippen LogP contribution in [0.3, 0.4) is 0 Å². The molecule has 3 fully saturated rings. The number of allylic oxidation sites excluding steroid dienone is 3. The topological polar surface area (TPSA) is 69.9 Å². The SMILES string of the molecule is CC(C)CCCC(C)[C@H]1CCC2C3C/C(=N\O)C4=CC(=O)C(O)=C[C@]4(C)C3CC[C@@]21C. The normalized spacial score (nSPS) is 42.0. The van der Waals surface area contributed by atoms with Crippen LogP contribution in [0.25, 0.3) is 0 Å². The van der Waals surface area contributed by atoms with Crippen molar-refractivity contribution in [3.05, 3.63) is 23.5 Å². The molecule has 4 aliphatic rings. The van der Waals surface area contributed by atoms with Gasteiger partial charge in [0.25, 0.3) is 0 Å². The van der Waals surface area contributed by atoms with E-state index in [1.165, 1.54) is 44.6 Å². The number of hydrogen-bond donors (Lipinski definition) is 2. The van der Waals surface area contributed by atoms with Crippen LogP contribution in [0, 0.1) is 46.3 Å². The molecule has 0 radical (unpaired) electrons. The minimum absolute atomic E-state index is 0.152. The molecule has 172 valence electrons. The van der Waals surface area contributed by atoms with Crippen LogP contribution in [0.2, 0.25) is 0 Å². The molecule has 4 unspecified atom stereocenters. The molecular weight excluding hydrogens is 386 g/mol. The number of ketones is 1. The molecule has 0 bridgehead atoms. The van der Waals surface area contributed by atoms with Crippen molar-refractivity contribution in [3.63, 3.8) is 0 Å². The van der Waals surface area contributed by atoms with Crippen LogP contribution in [0.5, 0.6) is 0 Å². The Kier molecular flexibility index (Phi) is 5.89. The molecule has 0 aromatic heterocycles. The Morgan fingerprint density at radius 3 is 2.55 bits per heavy atom. The molecule has 0 aromatic rings. The molecule has 0 spiro atoms. The highest BCUT2D eigenvalue weighted by atomic mass is 16.4. The van der Waals surface area contributed by atoms with E-state index in [9.17, 15) is 15.1 Å². The number of carbonyl (C=O) groups excluding carboxylic acids is 1. The van der Waals surface area contributed by atoms with Gasteiger partial charge >= 0.3 is 0 Å². The zero-order valence-electron chi connectivity index (χ0n) is 20.0. The maximum atomic E-state index is 12.2. The number of oxime groups is 1. The average Bonchev–Trinajstić information content (AvgIpc) is 3.06. The molecule has 4 rings (SSSR count). The minimum Gasteiger partial charge on any atom is -0.504 e. The van der Waals surface area contributed by atoms with Gasteiger partial charge in [-0.05, 0) is 90.8 Å². The fraction of sp³-hybridized carbons (Fsp3) is 0.778. The highest BCUT2D eigenvalue weighted by Gasteiger charge is 2.60. The first-order chi connectivity index (χ1) is 14.6. The maximum Gasteiger partial charge on any atom is 0.220 e. The molecule has 4 nitrogen and oxygen atoms in total. The summed E-state index contributed by atoms with van der Waals surface area (Å²) in [7, 11) is 0. The number of rotatable bonds is 5. The van der Waals surface area contributed by atoms with Gasteiger partial charge in [0.1, 0.15) is 0 Å². The van der Waals surface area contributed by atoms with E-state index in [1.807, 2.05) is 0 Å². The van der Waals surface area contributed by atoms with Gasteiger partial charge in [0, 0.05) is 5.41 Å². The van der Waals surface area contributed by atoms with Gasteiger partial charge in [-0.3, -0.25) is 4.79 Å². The van der Waals surface area contributed by atoms with Crippen LogP contribution >= 0.6 is 0 Å². The Labute approximate surface area is 187 Å². The third-order valence-corrected chi connectivity index (χ3v) is 9.81. The smallest absolute Gasteiger partial charge is 0.220 e. The summed E-state index contributed by atoms with van der Waals surface area (Å²) in [6, 6.07) is 0. The largest absolute Gasteiger partial charge is 0.504 e. The second-order valence-corrected chi connectivity index (χ2v) is 11.9. The number of fused-ring (bicyclic) bond motifs is 5. The molecule has 31 heavy (non-hydrogen) atoms. The molecule has 0 heterocycles. The predicted molar refractivity (Wildman–Crippen MR) is 124 cm³/mol. The maximum absolute atomic E-state index is 12.2. The first-order valence-electron chi connectivity index (χ1n) is 12.5. The first-order valence-corrected chi connectivity index (χ1v) is 12.5. The van der Waals surface area contributed by atoms with E-state index in [1.54, 1.807) is 6.08 Å². The summed E-state index contributed by atoms with van der Waals surface area (Å²) in [5.41, 5.74) is 1.38. The zero-order valence-corrected chi connectivity index (χ0v) is 20.0. The summed E-state index contributed by atoms with van der Waals surface area (Å²) in [6.45, 7) is 11.8. The van der Waals surface area contributed by atoms with Crippen LogP contribution in [0.1, 0.15) is 86.0 Å². The molecule has 3 saturated carbocycles. The number of carbonyl (C=O) groups is 1. The third kappa shape index (κ3) is 3.58. The van der Waals surface area contributed by atoms with Gasteiger partial charge in [-0.1, -0.05) is 59.0 Å². The van der Waals surface area contributed by atoms with E-state index in [0.29, 0.717) is 28.9 Å². The van der Waals surface area contributed by atoms with Crippen molar-refractivity contribution in [3.8, 4) is 0 Å². The molecule has 7 atom stereocenters. The van der Waals surface area contributed by atoms with Gasteiger partial charge < -0.3 is 10.3 Å². The van der Waals surface area contributed by atoms with Crippen LogP contribution in [-0.4, -0.2) is 21.8 Å². The van der Waals surface area contributed by atoms with Gasteiger partial charge in [0.05, 0.1) is 5.71 Å². The number of hydrogen-bond acceptors (Lipinski definition) is 4. The number of nitrogens with zero attached hydrogens (tertiary/aromatic N) is 1. The summed E-state index contributed by atoms with van der Waals surface area (Å²) in [5, 5.41) is 23.8. The second-order valence-electron chi connectivity index (χ2n) is 11.9. The second kappa shape index (κ2) is 8.08. The molecule has 4 aliphatic carbocycles. The van der Waals surface area contributed by atoms with Crippen molar-refractivity contribution in [2.24, 2.45) is 51.5 Å². The predicted octanol–water partition coefficient (Wildman–Crippen LogP) is 6.70. The monoisotopic (exact) mass is 427 g/mol.